The van der Waals surface area contributed by atoms with Gasteiger partial charge in [-0.15, -0.1) is 0 Å². The number of nitrogens with two attached hydrogens (primary N) is 1. The third-order valence-electron chi connectivity index (χ3n) is 6.07. The normalized spacial score (nSPS) is 12.6. The number of nitrogens with zero attached hydrogens (tertiary/aromatic N) is 1. The molecule has 5 aromatic rings. The van der Waals surface area contributed by atoms with Crippen LogP contribution in [0, 0.1) is 5.41 Å². The summed E-state index contributed by atoms with van der Waals surface area (Å²) in [4.78, 5) is 5.30. The maximum absolute atomic E-state index is 8.74. The molecule has 6 rings (SSSR count). The average molecular weight is 397 g/mol. The van der Waals surface area contributed by atoms with Crippen LogP contribution in [0.25, 0.3) is 21.5 Å². The van der Waals surface area contributed by atoms with E-state index in [1.54, 1.807) is 0 Å². The monoisotopic (exact) mass is 397 g/mol. The van der Waals surface area contributed by atoms with Gasteiger partial charge in [-0.1, -0.05) is 97.1 Å². The predicted molar refractivity (Wildman–Crippen MR) is 130 cm³/mol. The van der Waals surface area contributed by atoms with Gasteiger partial charge in [0.2, 0.25) is 0 Å². The molecular formula is C28H19N3. The minimum atomic E-state index is 0.539. The minimum absolute atomic E-state index is 0.539. The Morgan fingerprint density at radius 2 is 0.903 bits per heavy atom. The van der Waals surface area contributed by atoms with Crippen LogP contribution in [-0.2, 0) is 0 Å². The van der Waals surface area contributed by atoms with E-state index in [2.05, 4.69) is 36.4 Å². The second-order valence-electron chi connectivity index (χ2n) is 7.78. The van der Waals surface area contributed by atoms with Gasteiger partial charge in [-0.2, -0.15) is 0 Å². The number of rotatable bonds is 1. The Hall–Kier alpha value is -4.24. The van der Waals surface area contributed by atoms with Crippen LogP contribution >= 0.6 is 0 Å². The molecule has 0 unspecified atom stereocenters. The Bertz CT molecular complexity index is 1450. The van der Waals surface area contributed by atoms with Gasteiger partial charge >= 0.3 is 0 Å². The van der Waals surface area contributed by atoms with Gasteiger partial charge in [0, 0.05) is 49.5 Å². The van der Waals surface area contributed by atoms with Crippen LogP contribution in [-0.4, -0.2) is 11.4 Å². The van der Waals surface area contributed by atoms with Crippen LogP contribution in [0.5, 0.6) is 0 Å². The van der Waals surface area contributed by atoms with Crippen LogP contribution in [0.3, 0.4) is 0 Å². The van der Waals surface area contributed by atoms with Crippen LogP contribution < -0.4 is 5.73 Å². The van der Waals surface area contributed by atoms with Gasteiger partial charge in [0.15, 0.2) is 0 Å². The van der Waals surface area contributed by atoms with Crippen LogP contribution in [0.1, 0.15) is 22.3 Å². The summed E-state index contributed by atoms with van der Waals surface area (Å²) in [6.45, 7) is 0. The number of nitrogen functional groups attached to an aromatic ring is 1. The van der Waals surface area contributed by atoms with Crippen molar-refractivity contribution in [3.63, 3.8) is 0 Å². The number of benzene rings is 5. The SMILES string of the molecule is N=C1c2ccccc2C(=Nc2c3ccccc3c(N)c3ccccc23)c2ccccc21. The first-order valence-corrected chi connectivity index (χ1v) is 10.3. The van der Waals surface area contributed by atoms with Gasteiger partial charge in [-0.05, 0) is 0 Å². The molecule has 0 heterocycles. The zero-order valence-corrected chi connectivity index (χ0v) is 16.8. The lowest BCUT2D eigenvalue weighted by atomic mass is 9.83. The van der Waals surface area contributed by atoms with Crippen molar-refractivity contribution in [2.75, 3.05) is 5.73 Å². The van der Waals surface area contributed by atoms with Gasteiger partial charge in [0.1, 0.15) is 0 Å². The molecule has 0 spiro atoms. The predicted octanol–water partition coefficient (Wildman–Crippen LogP) is 6.47. The van der Waals surface area contributed by atoms with Gasteiger partial charge in [-0.25, -0.2) is 4.99 Å². The summed E-state index contributed by atoms with van der Waals surface area (Å²) < 4.78 is 0. The number of aliphatic imine (C=N–C) groups is 1. The Labute approximate surface area is 180 Å². The van der Waals surface area contributed by atoms with E-state index in [1.165, 1.54) is 0 Å². The fourth-order valence-electron chi connectivity index (χ4n) is 4.60. The summed E-state index contributed by atoms with van der Waals surface area (Å²) in [5, 5.41) is 12.8. The Kier molecular flexibility index (Phi) is 3.77. The third kappa shape index (κ3) is 2.53. The van der Waals surface area contributed by atoms with E-state index in [0.29, 0.717) is 5.71 Å². The average Bonchev–Trinajstić information content (AvgIpc) is 2.84. The van der Waals surface area contributed by atoms with Crippen molar-refractivity contribution in [2.24, 2.45) is 4.99 Å². The zero-order valence-electron chi connectivity index (χ0n) is 16.8. The lowest BCUT2D eigenvalue weighted by Gasteiger charge is -2.23. The number of anilines is 1. The summed E-state index contributed by atoms with van der Waals surface area (Å²) >= 11 is 0. The Balaban J connectivity index is 1.77. The summed E-state index contributed by atoms with van der Waals surface area (Å²) in [6.07, 6.45) is 0. The van der Waals surface area contributed by atoms with Crippen LogP contribution in [0.15, 0.2) is 102 Å². The van der Waals surface area contributed by atoms with Gasteiger partial charge < -0.3 is 5.73 Å². The van der Waals surface area contributed by atoms with E-state index < -0.39 is 0 Å². The fraction of sp³-hybridized carbons (Fsp3) is 0. The highest BCUT2D eigenvalue weighted by Gasteiger charge is 2.25. The van der Waals surface area contributed by atoms with Crippen molar-refractivity contribution in [1.29, 1.82) is 5.41 Å². The van der Waals surface area contributed by atoms with Crippen molar-refractivity contribution >= 4 is 44.3 Å². The molecular weight excluding hydrogens is 378 g/mol. The molecule has 0 fully saturated rings. The quantitative estimate of drug-likeness (QED) is 0.242. The molecule has 31 heavy (non-hydrogen) atoms. The maximum atomic E-state index is 8.74. The molecule has 0 atom stereocenters. The lowest BCUT2D eigenvalue weighted by Crippen LogP contribution is -2.21. The molecule has 146 valence electrons. The molecule has 5 aromatic carbocycles. The third-order valence-corrected chi connectivity index (χ3v) is 6.07. The first-order valence-electron chi connectivity index (χ1n) is 10.3. The van der Waals surface area contributed by atoms with Gasteiger partial charge in [-0.3, -0.25) is 5.41 Å². The molecule has 3 nitrogen and oxygen atoms in total. The topological polar surface area (TPSA) is 62.2 Å². The molecule has 3 heteroatoms. The highest BCUT2D eigenvalue weighted by molar-refractivity contribution is 6.32. The van der Waals surface area contributed by atoms with Gasteiger partial charge in [0.25, 0.3) is 0 Å². The number of hydrogen-bond acceptors (Lipinski definition) is 3. The smallest absolute Gasteiger partial charge is 0.0795 e. The van der Waals surface area contributed by atoms with Crippen molar-refractivity contribution < 1.29 is 0 Å². The van der Waals surface area contributed by atoms with Crippen molar-refractivity contribution in [2.45, 2.75) is 0 Å². The molecule has 0 bridgehead atoms. The van der Waals surface area contributed by atoms with E-state index in [1.807, 2.05) is 60.7 Å². The second kappa shape index (κ2) is 6.64. The lowest BCUT2D eigenvalue weighted by molar-refractivity contribution is 1.39. The number of nitrogens with one attached hydrogen (secondary N) is 1. The molecule has 0 radical (unpaired) electrons. The Morgan fingerprint density at radius 1 is 0.516 bits per heavy atom. The van der Waals surface area contributed by atoms with Gasteiger partial charge in [0.05, 0.1) is 17.1 Å². The molecule has 3 N–H and O–H groups in total. The molecule has 1 aliphatic rings. The molecule has 0 amide bonds. The van der Waals surface area contributed by atoms with E-state index in [9.17, 15) is 0 Å². The summed E-state index contributed by atoms with van der Waals surface area (Å²) in [5.74, 6) is 0. The standard InChI is InChI=1S/C28H19N3/c29-25-17-9-1-5-13-21(17)27(22-14-6-2-10-18(22)25)31-28-23-15-7-3-11-19(23)26(30)20-12-4-8-16-24(20)28/h1-16,29H,30H2. The van der Waals surface area contributed by atoms with E-state index in [4.69, 9.17) is 16.1 Å². The second-order valence-corrected chi connectivity index (χ2v) is 7.78. The molecule has 0 aliphatic heterocycles. The summed E-state index contributed by atoms with van der Waals surface area (Å²) in [6, 6.07) is 32.4. The largest absolute Gasteiger partial charge is 0.398 e. The van der Waals surface area contributed by atoms with E-state index in [0.717, 1.165) is 60.9 Å². The molecule has 0 saturated heterocycles. The first kappa shape index (κ1) is 17.6. The zero-order chi connectivity index (χ0) is 20.9. The summed E-state index contributed by atoms with van der Waals surface area (Å²) in [7, 11) is 0. The number of fused-ring (bicyclic) bond motifs is 4. The number of hydrogen-bond donors (Lipinski definition) is 2. The first-order chi connectivity index (χ1) is 15.2. The molecule has 0 aromatic heterocycles. The summed E-state index contributed by atoms with van der Waals surface area (Å²) in [5.41, 5.74) is 13.4. The fourth-order valence-corrected chi connectivity index (χ4v) is 4.60. The highest BCUT2D eigenvalue weighted by Crippen LogP contribution is 2.41. The Morgan fingerprint density at radius 3 is 1.39 bits per heavy atom. The van der Waals surface area contributed by atoms with E-state index >= 15 is 0 Å². The minimum Gasteiger partial charge on any atom is -0.398 e. The van der Waals surface area contributed by atoms with Crippen molar-refractivity contribution in [3.05, 3.63) is 119 Å². The highest BCUT2D eigenvalue weighted by atomic mass is 14.8. The van der Waals surface area contributed by atoms with Crippen molar-refractivity contribution in [1.82, 2.24) is 0 Å². The van der Waals surface area contributed by atoms with Crippen molar-refractivity contribution in [3.8, 4) is 0 Å². The maximum Gasteiger partial charge on any atom is 0.0795 e. The van der Waals surface area contributed by atoms with Crippen LogP contribution in [0.2, 0.25) is 0 Å². The molecule has 0 saturated carbocycles. The molecule has 1 aliphatic carbocycles. The van der Waals surface area contributed by atoms with E-state index in [-0.39, 0.29) is 0 Å². The van der Waals surface area contributed by atoms with Crippen LogP contribution in [0.4, 0.5) is 11.4 Å².